The fraction of sp³-hybridized carbons (Fsp3) is 0.130. The van der Waals surface area contributed by atoms with Gasteiger partial charge in [-0.2, -0.15) is 0 Å². The van der Waals surface area contributed by atoms with E-state index in [9.17, 15) is 4.79 Å². The molecular weight excluding hydrogens is 352 g/mol. The van der Waals surface area contributed by atoms with Gasteiger partial charge in [0, 0.05) is 6.07 Å². The molecule has 28 heavy (non-hydrogen) atoms. The Morgan fingerprint density at radius 2 is 1.68 bits per heavy atom. The van der Waals surface area contributed by atoms with E-state index in [0.717, 1.165) is 17.7 Å². The van der Waals surface area contributed by atoms with Crippen molar-refractivity contribution >= 4 is 5.91 Å². The average Bonchev–Trinajstić information content (AvgIpc) is 3.44. The molecule has 0 saturated heterocycles. The summed E-state index contributed by atoms with van der Waals surface area (Å²) < 4.78 is 10.8. The third kappa shape index (κ3) is 4.20. The fourth-order valence-electron chi connectivity index (χ4n) is 3.08. The molecule has 1 atom stereocenters. The molecule has 0 radical (unpaired) electrons. The van der Waals surface area contributed by atoms with Crippen LogP contribution in [0.15, 0.2) is 94.1 Å². The topological polar surface area (TPSA) is 68.3 Å². The molecule has 2 heterocycles. The summed E-state index contributed by atoms with van der Waals surface area (Å²) in [5.74, 6) is 0.516. The summed E-state index contributed by atoms with van der Waals surface area (Å²) >= 11 is 0. The molecule has 1 unspecified atom stereocenters. The van der Waals surface area contributed by atoms with E-state index in [0.29, 0.717) is 12.2 Å². The second-order valence-corrected chi connectivity index (χ2v) is 6.50. The number of furan rings is 1. The molecule has 1 N–H and O–H groups in total. The quantitative estimate of drug-likeness (QED) is 0.516. The van der Waals surface area contributed by atoms with Crippen molar-refractivity contribution in [1.82, 2.24) is 10.5 Å². The summed E-state index contributed by atoms with van der Waals surface area (Å²) in [6.45, 7) is 0. The lowest BCUT2D eigenvalue weighted by Gasteiger charge is -2.16. The summed E-state index contributed by atoms with van der Waals surface area (Å²) in [5, 5.41) is 7.01. The van der Waals surface area contributed by atoms with Gasteiger partial charge in [-0.25, -0.2) is 0 Å². The van der Waals surface area contributed by atoms with Crippen molar-refractivity contribution in [3.05, 3.63) is 113 Å². The van der Waals surface area contributed by atoms with E-state index in [2.05, 4.69) is 22.6 Å². The van der Waals surface area contributed by atoms with Crippen LogP contribution in [0.5, 0.6) is 0 Å². The van der Waals surface area contributed by atoms with Crippen LogP contribution in [0.4, 0.5) is 0 Å². The van der Waals surface area contributed by atoms with E-state index in [1.54, 1.807) is 18.4 Å². The van der Waals surface area contributed by atoms with Crippen LogP contribution >= 0.6 is 0 Å². The lowest BCUT2D eigenvalue weighted by Crippen LogP contribution is -2.28. The zero-order chi connectivity index (χ0) is 19.2. The Balaban J connectivity index is 1.45. The van der Waals surface area contributed by atoms with Gasteiger partial charge in [0.05, 0.1) is 12.0 Å². The number of benzene rings is 2. The van der Waals surface area contributed by atoms with Crippen LogP contribution in [-0.4, -0.2) is 11.1 Å². The highest BCUT2D eigenvalue weighted by atomic mass is 16.5. The van der Waals surface area contributed by atoms with Crippen molar-refractivity contribution < 1.29 is 13.7 Å². The number of rotatable bonds is 7. The van der Waals surface area contributed by atoms with Crippen LogP contribution < -0.4 is 5.32 Å². The molecule has 0 aliphatic heterocycles. The van der Waals surface area contributed by atoms with E-state index in [1.165, 1.54) is 5.56 Å². The van der Waals surface area contributed by atoms with Gasteiger partial charge in [0.15, 0.2) is 0 Å². The first kappa shape index (κ1) is 17.8. The maximum absolute atomic E-state index is 12.7. The van der Waals surface area contributed by atoms with E-state index in [4.69, 9.17) is 8.94 Å². The minimum Gasteiger partial charge on any atom is -0.467 e. The van der Waals surface area contributed by atoms with Gasteiger partial charge >= 0.3 is 0 Å². The minimum atomic E-state index is -0.401. The SMILES string of the molecule is O=C(NC(c1ccccc1)c1ccco1)c1cc(CCc2ccccc2)no1. The van der Waals surface area contributed by atoms with Gasteiger partial charge < -0.3 is 14.3 Å². The van der Waals surface area contributed by atoms with Gasteiger partial charge in [-0.05, 0) is 36.1 Å². The van der Waals surface area contributed by atoms with Gasteiger partial charge in [-0.3, -0.25) is 4.79 Å². The van der Waals surface area contributed by atoms with Crippen LogP contribution in [0.1, 0.15) is 39.2 Å². The molecule has 0 aliphatic carbocycles. The predicted molar refractivity (Wildman–Crippen MR) is 105 cm³/mol. The highest BCUT2D eigenvalue weighted by Crippen LogP contribution is 2.23. The molecule has 0 fully saturated rings. The summed E-state index contributed by atoms with van der Waals surface area (Å²) in [5.41, 5.74) is 2.90. The monoisotopic (exact) mass is 372 g/mol. The van der Waals surface area contributed by atoms with Gasteiger partial charge in [0.1, 0.15) is 11.8 Å². The number of carbonyl (C=O) groups is 1. The molecule has 0 aliphatic rings. The normalized spacial score (nSPS) is 11.9. The molecular formula is C23H20N2O3. The first-order valence-corrected chi connectivity index (χ1v) is 9.18. The van der Waals surface area contributed by atoms with Crippen molar-refractivity contribution in [3.8, 4) is 0 Å². The molecule has 2 aromatic carbocycles. The predicted octanol–water partition coefficient (Wildman–Crippen LogP) is 4.57. The number of hydrogen-bond acceptors (Lipinski definition) is 4. The van der Waals surface area contributed by atoms with Crippen molar-refractivity contribution in [2.75, 3.05) is 0 Å². The minimum absolute atomic E-state index is 0.190. The Morgan fingerprint density at radius 3 is 2.39 bits per heavy atom. The van der Waals surface area contributed by atoms with Crippen LogP contribution in [-0.2, 0) is 12.8 Å². The van der Waals surface area contributed by atoms with Crippen molar-refractivity contribution in [3.63, 3.8) is 0 Å². The molecule has 4 rings (SSSR count). The van der Waals surface area contributed by atoms with E-state index in [-0.39, 0.29) is 11.7 Å². The Kier molecular flexibility index (Phi) is 5.33. The Hall–Kier alpha value is -3.60. The number of nitrogens with one attached hydrogen (secondary N) is 1. The second-order valence-electron chi connectivity index (χ2n) is 6.50. The summed E-state index contributed by atoms with van der Waals surface area (Å²) in [4.78, 5) is 12.7. The Labute approximate surface area is 163 Å². The van der Waals surface area contributed by atoms with Gasteiger partial charge in [-0.1, -0.05) is 65.8 Å². The average molecular weight is 372 g/mol. The van der Waals surface area contributed by atoms with E-state index in [1.807, 2.05) is 54.6 Å². The standard InChI is InChI=1S/C23H20N2O3/c26-23(21-16-19(25-28-21)14-13-17-8-3-1-4-9-17)24-22(20-12-7-15-27-20)18-10-5-2-6-11-18/h1-12,15-16,22H,13-14H2,(H,24,26). The zero-order valence-corrected chi connectivity index (χ0v) is 15.2. The van der Waals surface area contributed by atoms with Gasteiger partial charge in [-0.15, -0.1) is 0 Å². The number of hydrogen-bond donors (Lipinski definition) is 1. The molecule has 0 spiro atoms. The van der Waals surface area contributed by atoms with Crippen molar-refractivity contribution in [1.29, 1.82) is 0 Å². The molecule has 140 valence electrons. The van der Waals surface area contributed by atoms with Gasteiger partial charge in [0.2, 0.25) is 5.76 Å². The van der Waals surface area contributed by atoms with Gasteiger partial charge in [0.25, 0.3) is 5.91 Å². The molecule has 0 bridgehead atoms. The number of aromatic nitrogens is 1. The molecule has 5 nitrogen and oxygen atoms in total. The number of aryl methyl sites for hydroxylation is 2. The molecule has 2 aromatic heterocycles. The first-order valence-electron chi connectivity index (χ1n) is 9.18. The van der Waals surface area contributed by atoms with Crippen molar-refractivity contribution in [2.45, 2.75) is 18.9 Å². The third-order valence-electron chi connectivity index (χ3n) is 4.53. The Bertz CT molecular complexity index is 1010. The first-order chi connectivity index (χ1) is 13.8. The summed E-state index contributed by atoms with van der Waals surface area (Å²) in [7, 11) is 0. The Morgan fingerprint density at radius 1 is 0.929 bits per heavy atom. The molecule has 1 amide bonds. The van der Waals surface area contributed by atoms with Crippen LogP contribution in [0, 0.1) is 0 Å². The zero-order valence-electron chi connectivity index (χ0n) is 15.2. The lowest BCUT2D eigenvalue weighted by molar-refractivity contribution is 0.0901. The molecule has 4 aromatic rings. The fourth-order valence-corrected chi connectivity index (χ4v) is 3.08. The summed E-state index contributed by atoms with van der Waals surface area (Å²) in [6.07, 6.45) is 3.14. The van der Waals surface area contributed by atoms with Crippen LogP contribution in [0.25, 0.3) is 0 Å². The number of amides is 1. The van der Waals surface area contributed by atoms with Crippen molar-refractivity contribution in [2.24, 2.45) is 0 Å². The number of nitrogens with zero attached hydrogens (tertiary/aromatic N) is 1. The smallest absolute Gasteiger partial charge is 0.290 e. The largest absolute Gasteiger partial charge is 0.467 e. The highest BCUT2D eigenvalue weighted by Gasteiger charge is 2.22. The number of carbonyl (C=O) groups excluding carboxylic acids is 1. The van der Waals surface area contributed by atoms with E-state index >= 15 is 0 Å². The summed E-state index contributed by atoms with van der Waals surface area (Å²) in [6, 6.07) is 24.7. The third-order valence-corrected chi connectivity index (χ3v) is 4.53. The lowest BCUT2D eigenvalue weighted by atomic mass is 10.0. The maximum Gasteiger partial charge on any atom is 0.290 e. The second kappa shape index (κ2) is 8.39. The molecule has 5 heteroatoms. The van der Waals surface area contributed by atoms with Crippen LogP contribution in [0.3, 0.4) is 0 Å². The maximum atomic E-state index is 12.7. The molecule has 0 saturated carbocycles. The van der Waals surface area contributed by atoms with Crippen LogP contribution in [0.2, 0.25) is 0 Å². The highest BCUT2D eigenvalue weighted by molar-refractivity contribution is 5.91. The van der Waals surface area contributed by atoms with E-state index < -0.39 is 6.04 Å².